The molecule has 2 saturated heterocycles. The van der Waals surface area contributed by atoms with Crippen molar-refractivity contribution in [1.29, 1.82) is 0 Å². The number of quaternary nitrogens is 3. The van der Waals surface area contributed by atoms with Crippen LogP contribution in [0.15, 0.2) is 137 Å². The zero-order valence-electron chi connectivity index (χ0n) is 57.9. The van der Waals surface area contributed by atoms with Crippen LogP contribution < -0.4 is 36.0 Å². The average molecular weight is 1590 g/mol. The maximum atomic E-state index is 13.1. The van der Waals surface area contributed by atoms with Crippen molar-refractivity contribution >= 4 is 89.7 Å². The Balaban J connectivity index is 0.000000237. The molecule has 3 aromatic carbocycles. The standard InChI is InChI=1S/C29H32N8O12S.C17H19N4O6S.C16H20N4O4S.3CO.CH4/c30-48-49-50-20-3-1-19(2-4-20)5-10-37-17-21-31(11-23(38)33(13-25(40)41)14-26(42)43)6-8-35(21)29(37)36-9-7-32(22(36)18-37)12-24(39)34(15-27(44)45)16-28(46)47;18-26-27-28-13-3-1-12(2-4-13)5-8-21-10-14-19(9-15(22)23)6-7-20(14)17(21)25-16(24)11-21;1-18-7-8-19-14(18)10-20(11-15(21)22-16(19)20)9-6-12-2-4-13(5-3-12)25-24-23-17;3*1-2;/h1-4,6-9,29H,5,10-18,30H2,(H-3,40,41,42,43,44,45,46,47);1-4,6-7,17H,5,8-11,18H2;2-5,7-8,16H,6,9-11,17H2,1H3;;;;1H4/q;+1;+2;;;;/p+4. The molecule has 13 rings (SSSR count). The summed E-state index contributed by atoms with van der Waals surface area (Å²) in [7, 11) is 2.02. The van der Waals surface area contributed by atoms with E-state index in [0.717, 1.165) is 115 Å². The second-order valence-electron chi connectivity index (χ2n) is 25.1. The number of nitrogens with zero attached hydrogens (tertiary/aromatic N) is 13. The van der Waals surface area contributed by atoms with E-state index in [4.69, 9.17) is 50.6 Å². The summed E-state index contributed by atoms with van der Waals surface area (Å²) in [5, 5.41) is 46.0. The number of aromatic nitrogens is 8. The van der Waals surface area contributed by atoms with E-state index in [-0.39, 0.29) is 58.2 Å². The van der Waals surface area contributed by atoms with Gasteiger partial charge in [-0.3, -0.25) is 28.8 Å². The molecule has 2 amide bonds. The summed E-state index contributed by atoms with van der Waals surface area (Å²) in [6, 6.07) is 23.3. The third-order valence-electron chi connectivity index (χ3n) is 18.6. The Hall–Kier alpha value is -10.5. The van der Waals surface area contributed by atoms with Gasteiger partial charge in [-0.25, -0.2) is 46.1 Å². The van der Waals surface area contributed by atoms with Gasteiger partial charge in [0.1, 0.15) is 75.8 Å². The van der Waals surface area contributed by atoms with Crippen LogP contribution in [0.4, 0.5) is 0 Å². The van der Waals surface area contributed by atoms with Crippen molar-refractivity contribution in [3.63, 3.8) is 0 Å². The van der Waals surface area contributed by atoms with Crippen LogP contribution in [0.3, 0.4) is 0 Å². The number of aliphatic carboxylic acids is 5. The van der Waals surface area contributed by atoms with Crippen LogP contribution in [0.5, 0.6) is 0 Å². The molecule has 4 aromatic heterocycles. The summed E-state index contributed by atoms with van der Waals surface area (Å²) < 4.78 is 64.2. The molecule has 110 heavy (non-hydrogen) atoms. The molecule has 0 radical (unpaired) electrons. The quantitative estimate of drug-likeness (QED) is 0.00378. The second-order valence-corrected chi connectivity index (χ2v) is 27.5. The Morgan fingerprint density at radius 1 is 0.464 bits per heavy atom. The molecular weight excluding hydrogens is 1510 g/mol. The molecule has 4 atom stereocenters. The minimum absolute atomic E-state index is 0. The van der Waals surface area contributed by atoms with E-state index in [1.54, 1.807) is 50.9 Å². The fourth-order valence-electron chi connectivity index (χ4n) is 14.0. The molecule has 41 nitrogen and oxygen atoms in total. The summed E-state index contributed by atoms with van der Waals surface area (Å²) in [4.78, 5) is 123. The second kappa shape index (κ2) is 39.8. The van der Waals surface area contributed by atoms with E-state index in [2.05, 4.69) is 52.7 Å². The van der Waals surface area contributed by atoms with Gasteiger partial charge >= 0.3 is 118 Å². The van der Waals surface area contributed by atoms with Gasteiger partial charge in [-0.2, -0.15) is 17.7 Å². The fraction of sp³-hybridized carbons (Fsp3) is 0.364. The molecule has 0 saturated carbocycles. The van der Waals surface area contributed by atoms with Crippen LogP contribution >= 0.6 is 36.1 Å². The van der Waals surface area contributed by atoms with Crippen LogP contribution in [-0.4, -0.2) is 180 Å². The number of nitrogens with two attached hydrogens (primary N) is 3. The molecule has 6 aliphatic rings. The van der Waals surface area contributed by atoms with E-state index < -0.39 is 74.2 Å². The molecule has 6 aliphatic heterocycles. The minimum atomic E-state index is -1.34. The van der Waals surface area contributed by atoms with Crippen LogP contribution in [0, 0.1) is 20.0 Å². The van der Waals surface area contributed by atoms with Crippen molar-refractivity contribution in [1.82, 2.24) is 28.1 Å². The van der Waals surface area contributed by atoms with Gasteiger partial charge < -0.3 is 44.8 Å². The molecule has 0 aliphatic carbocycles. The molecule has 0 spiro atoms. The Morgan fingerprint density at radius 3 is 1.11 bits per heavy atom. The van der Waals surface area contributed by atoms with Crippen LogP contribution in [0.2, 0.25) is 0 Å². The van der Waals surface area contributed by atoms with Crippen molar-refractivity contribution in [3.05, 3.63) is 182 Å². The van der Waals surface area contributed by atoms with E-state index >= 15 is 0 Å². The average Bonchev–Trinajstić information content (AvgIpc) is 1.54. The number of carboxylic acids is 5. The summed E-state index contributed by atoms with van der Waals surface area (Å²) in [5.74, 6) is 10.1. The number of rotatable bonds is 32. The van der Waals surface area contributed by atoms with Gasteiger partial charge in [0.25, 0.3) is 11.8 Å². The van der Waals surface area contributed by atoms with Gasteiger partial charge in [-0.1, -0.05) is 43.8 Å². The van der Waals surface area contributed by atoms with Crippen molar-refractivity contribution in [3.8, 4) is 0 Å². The Bertz CT molecular complexity index is 4350. The van der Waals surface area contributed by atoms with Crippen LogP contribution in [0.25, 0.3) is 0 Å². The third kappa shape index (κ3) is 20.7. The van der Waals surface area contributed by atoms with Gasteiger partial charge in [0.2, 0.25) is 0 Å². The summed E-state index contributed by atoms with van der Waals surface area (Å²) in [6.45, 7) is 14.7. The number of fused-ring (bicyclic) bond motifs is 11. The number of carbonyl (C=O) groups excluding carboxylic acids is 4. The number of aryl methyl sites for hydroxylation is 1. The third-order valence-corrected chi connectivity index (χ3v) is 20.4. The molecule has 7 aromatic rings. The summed E-state index contributed by atoms with van der Waals surface area (Å²) in [5.41, 5.74) is 3.31. The van der Waals surface area contributed by atoms with Crippen molar-refractivity contribution in [2.75, 3.05) is 58.9 Å². The van der Waals surface area contributed by atoms with Crippen molar-refractivity contribution in [2.24, 2.45) is 24.7 Å². The van der Waals surface area contributed by atoms with Crippen molar-refractivity contribution in [2.45, 2.75) is 106 Å². The zero-order chi connectivity index (χ0) is 79.3. The first kappa shape index (κ1) is 86.8. The van der Waals surface area contributed by atoms with Gasteiger partial charge in [0.05, 0.1) is 62.8 Å². The monoisotopic (exact) mass is 1590 g/mol. The van der Waals surface area contributed by atoms with Gasteiger partial charge in [0, 0.05) is 33.9 Å². The van der Waals surface area contributed by atoms with E-state index in [1.165, 1.54) is 11.4 Å². The fourth-order valence-corrected chi connectivity index (χ4v) is 15.1. The Labute approximate surface area is 638 Å². The predicted octanol–water partition coefficient (Wildman–Crippen LogP) is -0.693. The van der Waals surface area contributed by atoms with E-state index in [1.807, 2.05) is 106 Å². The maximum absolute atomic E-state index is 13.1. The van der Waals surface area contributed by atoms with Gasteiger partial charge in [-0.15, -0.1) is 46.2 Å². The predicted molar refractivity (Wildman–Crippen MR) is 361 cm³/mol. The molecule has 0 bridgehead atoms. The first-order valence-electron chi connectivity index (χ1n) is 32.3. The van der Waals surface area contributed by atoms with Crippen LogP contribution in [0.1, 0.15) is 66.4 Å². The molecule has 10 heterocycles. The number of hydrogen-bond donors (Lipinski definition) is 8. The number of carboxylic acid groups (broad SMARTS) is 5. The number of benzene rings is 3. The SMILES string of the molecule is C.C[n+]1ccn2c1C[N+]1(CCc3ccc(SOON)cc3)CC(=O)OC21.NOOSc1ccc(CC[N+]23CC(=O)OC2n2cc[n+](CC(=O)O)c2C3)cc1.NOOSc1ccc(CC[N+]23Cc4n(cc[n+]4CC(=O)N(CC(=O)O)CC(=O)O)C2n2cc[n+](CC(=O)N(CC(=O)O)CC(=O)O)c2C3)cc1.[C-]#[O+].[C-]#[O+].[C-]#[O+]. The zero-order valence-corrected chi connectivity index (χ0v) is 60.3. The van der Waals surface area contributed by atoms with E-state index in [0.29, 0.717) is 59.1 Å². The molecule has 44 heteroatoms. The number of ether oxygens (including phenoxy) is 2. The van der Waals surface area contributed by atoms with E-state index in [9.17, 15) is 63.6 Å². The first-order chi connectivity index (χ1) is 52.4. The molecular formula is C66H79N16O25S3+7. The number of imidazole rings is 4. The summed E-state index contributed by atoms with van der Waals surface area (Å²) >= 11 is 3.02. The Morgan fingerprint density at radius 2 is 0.764 bits per heavy atom. The summed E-state index contributed by atoms with van der Waals surface area (Å²) in [6.07, 6.45) is 15.5. The molecule has 2 fully saturated rings. The van der Waals surface area contributed by atoms with Crippen LogP contribution in [-0.2, 0) is 167 Å². The molecule has 584 valence electrons. The molecule has 4 unspecified atom stereocenters. The first-order valence-corrected chi connectivity index (χ1v) is 34.6. The number of amides is 2. The van der Waals surface area contributed by atoms with Crippen molar-refractivity contribution < 1.29 is 152 Å². The topological polar surface area (TPSA) is 508 Å². The normalized spacial score (nSPS) is 19.1. The molecule has 11 N–H and O–H groups in total. The number of esters is 2. The van der Waals surface area contributed by atoms with Gasteiger partial charge in [-0.05, 0) is 53.1 Å². The Kier molecular flexibility index (Phi) is 31.4. The number of carbonyl (C=O) groups is 9. The number of hydrogen-bond acceptors (Lipinski definition) is 23. The van der Waals surface area contributed by atoms with Gasteiger partial charge in [0.15, 0.2) is 58.9 Å².